The largest absolute Gasteiger partial charge is 0.496 e. The van der Waals surface area contributed by atoms with Crippen molar-refractivity contribution in [1.82, 2.24) is 4.90 Å². The molecule has 0 bridgehead atoms. The average Bonchev–Trinajstić information content (AvgIpc) is 3.23. The normalized spacial score (nSPS) is 14.9. The van der Waals surface area contributed by atoms with E-state index in [1.165, 1.54) is 31.4 Å². The molecule has 0 unspecified atom stereocenters. The quantitative estimate of drug-likeness (QED) is 0.783. The number of aliphatic hydroxyl groups excluding tert-OH is 1. The fourth-order valence-corrected chi connectivity index (χ4v) is 2.51. The van der Waals surface area contributed by atoms with E-state index in [1.54, 1.807) is 7.11 Å². The number of hydrogen-bond donors (Lipinski definition) is 1. The molecule has 3 heteroatoms. The highest BCUT2D eigenvalue weighted by Crippen LogP contribution is 2.31. The molecule has 0 heterocycles. The fraction of sp³-hybridized carbons (Fsp3) is 0.625. The third-order valence-corrected chi connectivity index (χ3v) is 3.67. The van der Waals surface area contributed by atoms with Crippen LogP contribution in [0.4, 0.5) is 0 Å². The second-order valence-corrected chi connectivity index (χ2v) is 5.48. The minimum Gasteiger partial charge on any atom is -0.496 e. The first kappa shape index (κ1) is 14.4. The molecular formula is C16H25NO2. The highest BCUT2D eigenvalue weighted by Gasteiger charge is 2.24. The Bertz CT molecular complexity index is 402. The number of benzene rings is 1. The van der Waals surface area contributed by atoms with Gasteiger partial charge in [-0.25, -0.2) is 0 Å². The lowest BCUT2D eigenvalue weighted by atomic mass is 10.1. The van der Waals surface area contributed by atoms with Gasteiger partial charge in [0.05, 0.1) is 13.7 Å². The van der Waals surface area contributed by atoms with Crippen molar-refractivity contribution < 1.29 is 9.84 Å². The summed E-state index contributed by atoms with van der Waals surface area (Å²) in [7, 11) is 1.71. The van der Waals surface area contributed by atoms with Crippen LogP contribution in [-0.4, -0.2) is 30.2 Å². The number of rotatable bonds is 8. The van der Waals surface area contributed by atoms with E-state index >= 15 is 0 Å². The first-order valence-electron chi connectivity index (χ1n) is 7.25. The van der Waals surface area contributed by atoms with E-state index in [1.807, 2.05) is 12.1 Å². The molecule has 0 radical (unpaired) electrons. The molecule has 2 rings (SSSR count). The Hall–Kier alpha value is -1.06. The number of methoxy groups -OCH3 is 1. The van der Waals surface area contributed by atoms with Crippen LogP contribution < -0.4 is 4.74 Å². The molecule has 106 valence electrons. The average molecular weight is 263 g/mol. The third kappa shape index (κ3) is 4.22. The molecule has 19 heavy (non-hydrogen) atoms. The molecule has 0 spiro atoms. The van der Waals surface area contributed by atoms with Gasteiger partial charge >= 0.3 is 0 Å². The zero-order valence-electron chi connectivity index (χ0n) is 12.1. The topological polar surface area (TPSA) is 32.7 Å². The summed E-state index contributed by atoms with van der Waals surface area (Å²) < 4.78 is 5.44. The van der Waals surface area contributed by atoms with Crippen LogP contribution in [0.5, 0.6) is 5.75 Å². The molecule has 1 aromatic rings. The van der Waals surface area contributed by atoms with Crippen molar-refractivity contribution in [2.75, 3.05) is 20.2 Å². The molecule has 0 atom stereocenters. The van der Waals surface area contributed by atoms with Gasteiger partial charge in [0.25, 0.3) is 0 Å². The second kappa shape index (κ2) is 6.92. The molecule has 1 N–H and O–H groups in total. The Balaban J connectivity index is 2.08. The van der Waals surface area contributed by atoms with Gasteiger partial charge in [0.2, 0.25) is 0 Å². The maximum atomic E-state index is 9.26. The van der Waals surface area contributed by atoms with E-state index in [4.69, 9.17) is 4.74 Å². The molecule has 0 aromatic heterocycles. The van der Waals surface area contributed by atoms with Crippen molar-refractivity contribution in [3.63, 3.8) is 0 Å². The molecule has 1 aliphatic rings. The lowest BCUT2D eigenvalue weighted by Crippen LogP contribution is -2.26. The van der Waals surface area contributed by atoms with Gasteiger partial charge in [-0.3, -0.25) is 4.90 Å². The van der Waals surface area contributed by atoms with Crippen LogP contribution in [0.25, 0.3) is 0 Å². The van der Waals surface area contributed by atoms with Gasteiger partial charge in [0, 0.05) is 18.7 Å². The number of ether oxygens (including phenoxy) is 1. The number of hydrogen-bond acceptors (Lipinski definition) is 3. The summed E-state index contributed by atoms with van der Waals surface area (Å²) in [6.07, 6.45) is 3.94. The molecule has 1 saturated carbocycles. The SMILES string of the molecule is CCCN(Cc1cc(CO)ccc1OC)CC1CC1. The van der Waals surface area contributed by atoms with Crippen LogP contribution in [0, 0.1) is 5.92 Å². The summed E-state index contributed by atoms with van der Waals surface area (Å²) in [6, 6.07) is 5.95. The molecule has 0 saturated heterocycles. The predicted molar refractivity (Wildman–Crippen MR) is 77.2 cm³/mol. The molecule has 3 nitrogen and oxygen atoms in total. The first-order valence-corrected chi connectivity index (χ1v) is 7.25. The van der Waals surface area contributed by atoms with Gasteiger partial charge < -0.3 is 9.84 Å². The molecular weight excluding hydrogens is 238 g/mol. The summed E-state index contributed by atoms with van der Waals surface area (Å²) in [5, 5.41) is 9.26. The van der Waals surface area contributed by atoms with E-state index in [9.17, 15) is 5.11 Å². The monoisotopic (exact) mass is 263 g/mol. The predicted octanol–water partition coefficient (Wildman–Crippen LogP) is 2.81. The summed E-state index contributed by atoms with van der Waals surface area (Å²) >= 11 is 0. The van der Waals surface area contributed by atoms with Crippen LogP contribution in [0.2, 0.25) is 0 Å². The van der Waals surface area contributed by atoms with Gasteiger partial charge in [-0.05, 0) is 49.4 Å². The van der Waals surface area contributed by atoms with Gasteiger partial charge in [0.1, 0.15) is 5.75 Å². The van der Waals surface area contributed by atoms with Gasteiger partial charge in [-0.15, -0.1) is 0 Å². The van der Waals surface area contributed by atoms with Gasteiger partial charge in [-0.2, -0.15) is 0 Å². The zero-order chi connectivity index (χ0) is 13.7. The van der Waals surface area contributed by atoms with Crippen molar-refractivity contribution in [2.24, 2.45) is 5.92 Å². The Labute approximate surface area is 116 Å². The lowest BCUT2D eigenvalue weighted by Gasteiger charge is -2.23. The van der Waals surface area contributed by atoms with Crippen LogP contribution in [0.15, 0.2) is 18.2 Å². The van der Waals surface area contributed by atoms with E-state index in [-0.39, 0.29) is 6.61 Å². The van der Waals surface area contributed by atoms with Gasteiger partial charge in [0.15, 0.2) is 0 Å². The zero-order valence-corrected chi connectivity index (χ0v) is 12.1. The fourth-order valence-electron chi connectivity index (χ4n) is 2.51. The Morgan fingerprint density at radius 3 is 2.74 bits per heavy atom. The standard InChI is InChI=1S/C16H25NO2/c1-3-8-17(10-13-4-5-13)11-15-9-14(12-18)6-7-16(15)19-2/h6-7,9,13,18H,3-5,8,10-12H2,1-2H3. The number of nitrogens with zero attached hydrogens (tertiary/aromatic N) is 1. The maximum absolute atomic E-state index is 9.26. The van der Waals surface area contributed by atoms with E-state index in [2.05, 4.69) is 17.9 Å². The van der Waals surface area contributed by atoms with E-state index in [0.717, 1.165) is 30.3 Å². The van der Waals surface area contributed by atoms with Crippen molar-refractivity contribution in [2.45, 2.75) is 39.3 Å². The van der Waals surface area contributed by atoms with Crippen molar-refractivity contribution in [3.8, 4) is 5.75 Å². The molecule has 0 aliphatic heterocycles. The molecule has 1 aliphatic carbocycles. The molecule has 1 fully saturated rings. The summed E-state index contributed by atoms with van der Waals surface area (Å²) in [5.74, 6) is 1.83. The summed E-state index contributed by atoms with van der Waals surface area (Å²) in [6.45, 7) is 5.55. The highest BCUT2D eigenvalue weighted by molar-refractivity contribution is 5.37. The van der Waals surface area contributed by atoms with Crippen molar-refractivity contribution in [3.05, 3.63) is 29.3 Å². The van der Waals surface area contributed by atoms with Gasteiger partial charge in [-0.1, -0.05) is 13.0 Å². The van der Waals surface area contributed by atoms with Crippen LogP contribution >= 0.6 is 0 Å². The van der Waals surface area contributed by atoms with Crippen LogP contribution in [0.3, 0.4) is 0 Å². The molecule has 1 aromatic carbocycles. The van der Waals surface area contributed by atoms with Crippen LogP contribution in [0.1, 0.15) is 37.3 Å². The first-order chi connectivity index (χ1) is 9.26. The Morgan fingerprint density at radius 1 is 1.37 bits per heavy atom. The minimum atomic E-state index is 0.0907. The summed E-state index contributed by atoms with van der Waals surface area (Å²) in [4.78, 5) is 2.51. The van der Waals surface area contributed by atoms with Crippen molar-refractivity contribution in [1.29, 1.82) is 0 Å². The summed E-state index contributed by atoms with van der Waals surface area (Å²) in [5.41, 5.74) is 2.14. The smallest absolute Gasteiger partial charge is 0.123 e. The second-order valence-electron chi connectivity index (χ2n) is 5.48. The third-order valence-electron chi connectivity index (χ3n) is 3.67. The minimum absolute atomic E-state index is 0.0907. The Morgan fingerprint density at radius 2 is 2.16 bits per heavy atom. The van der Waals surface area contributed by atoms with E-state index in [0.29, 0.717) is 0 Å². The molecule has 0 amide bonds. The van der Waals surface area contributed by atoms with E-state index < -0.39 is 0 Å². The highest BCUT2D eigenvalue weighted by atomic mass is 16.5. The van der Waals surface area contributed by atoms with Crippen molar-refractivity contribution >= 4 is 0 Å². The Kier molecular flexibility index (Phi) is 5.23. The lowest BCUT2D eigenvalue weighted by molar-refractivity contribution is 0.250. The number of aliphatic hydroxyl groups is 1. The van der Waals surface area contributed by atoms with Crippen LogP contribution in [-0.2, 0) is 13.2 Å². The maximum Gasteiger partial charge on any atom is 0.123 e.